The smallest absolute Gasteiger partial charge is 0.263 e. The van der Waals surface area contributed by atoms with E-state index in [4.69, 9.17) is 0 Å². The highest BCUT2D eigenvalue weighted by Gasteiger charge is 2.24. The van der Waals surface area contributed by atoms with Crippen molar-refractivity contribution in [2.45, 2.75) is 53.5 Å². The van der Waals surface area contributed by atoms with Crippen molar-refractivity contribution in [3.05, 3.63) is 55.9 Å². The molecule has 0 spiro atoms. The number of carbonyl (C=O) groups is 1. The van der Waals surface area contributed by atoms with Gasteiger partial charge in [-0.05, 0) is 74.8 Å². The predicted molar refractivity (Wildman–Crippen MR) is 114 cm³/mol. The van der Waals surface area contributed by atoms with E-state index in [9.17, 15) is 9.59 Å². The molecule has 1 amide bonds. The summed E-state index contributed by atoms with van der Waals surface area (Å²) in [5.41, 5.74) is 3.99. The van der Waals surface area contributed by atoms with E-state index < -0.39 is 0 Å². The van der Waals surface area contributed by atoms with Crippen molar-refractivity contribution in [1.29, 1.82) is 0 Å². The van der Waals surface area contributed by atoms with Crippen LogP contribution in [0.15, 0.2) is 23.0 Å². The number of hydrogen-bond donors (Lipinski definition) is 1. The molecule has 3 aromatic rings. The van der Waals surface area contributed by atoms with E-state index >= 15 is 0 Å². The highest BCUT2D eigenvalue weighted by Crippen LogP contribution is 2.35. The number of hydrogen-bond acceptors (Lipinski definition) is 4. The fraction of sp³-hybridized carbons (Fsp3) is 0.409. The van der Waals surface area contributed by atoms with Gasteiger partial charge in [0.2, 0.25) is 5.91 Å². The fourth-order valence-electron chi connectivity index (χ4n) is 4.10. The number of benzene rings is 1. The first-order valence-electron chi connectivity index (χ1n) is 9.71. The van der Waals surface area contributed by atoms with E-state index in [0.29, 0.717) is 11.7 Å². The van der Waals surface area contributed by atoms with Crippen molar-refractivity contribution in [3.8, 4) is 0 Å². The minimum Gasteiger partial charge on any atom is -0.325 e. The van der Waals surface area contributed by atoms with Gasteiger partial charge in [0.1, 0.15) is 17.2 Å². The number of amides is 1. The average Bonchev–Trinajstić information content (AvgIpc) is 2.94. The van der Waals surface area contributed by atoms with Gasteiger partial charge in [0.25, 0.3) is 5.56 Å². The number of carbonyl (C=O) groups excluding carboxylic acids is 1. The molecular weight excluding hydrogens is 370 g/mol. The largest absolute Gasteiger partial charge is 0.325 e. The fourth-order valence-corrected chi connectivity index (χ4v) is 5.52. The van der Waals surface area contributed by atoms with Gasteiger partial charge in [-0.1, -0.05) is 13.0 Å². The predicted octanol–water partition coefficient (Wildman–Crippen LogP) is 4.15. The van der Waals surface area contributed by atoms with Crippen LogP contribution in [0.3, 0.4) is 0 Å². The minimum absolute atomic E-state index is 0.0262. The molecule has 0 fully saturated rings. The van der Waals surface area contributed by atoms with Crippen LogP contribution < -0.4 is 10.9 Å². The van der Waals surface area contributed by atoms with E-state index in [-0.39, 0.29) is 18.0 Å². The Bertz CT molecular complexity index is 1120. The van der Waals surface area contributed by atoms with Gasteiger partial charge in [-0.25, -0.2) is 4.98 Å². The van der Waals surface area contributed by atoms with E-state index in [1.165, 1.54) is 9.44 Å². The van der Waals surface area contributed by atoms with Crippen LogP contribution in [0.2, 0.25) is 0 Å². The van der Waals surface area contributed by atoms with Crippen LogP contribution >= 0.6 is 11.3 Å². The molecule has 6 heteroatoms. The summed E-state index contributed by atoms with van der Waals surface area (Å²) in [6.45, 7) is 8.01. The zero-order chi connectivity index (χ0) is 20.0. The summed E-state index contributed by atoms with van der Waals surface area (Å²) < 4.78 is 1.51. The summed E-state index contributed by atoms with van der Waals surface area (Å²) in [5.74, 6) is 1.02. The molecule has 1 unspecified atom stereocenters. The third-order valence-electron chi connectivity index (χ3n) is 5.41. The van der Waals surface area contributed by atoms with Crippen LogP contribution in [-0.2, 0) is 24.2 Å². The molecule has 0 radical (unpaired) electrons. The summed E-state index contributed by atoms with van der Waals surface area (Å²) in [4.78, 5) is 32.6. The molecule has 1 aromatic carbocycles. The van der Waals surface area contributed by atoms with Gasteiger partial charge in [0, 0.05) is 10.6 Å². The van der Waals surface area contributed by atoms with Gasteiger partial charge in [-0.2, -0.15) is 0 Å². The maximum atomic E-state index is 13.2. The molecule has 1 aliphatic rings. The zero-order valence-corrected chi connectivity index (χ0v) is 17.6. The molecule has 5 nitrogen and oxygen atoms in total. The van der Waals surface area contributed by atoms with E-state index in [1.54, 1.807) is 18.3 Å². The molecule has 1 N–H and O–H groups in total. The van der Waals surface area contributed by atoms with Crippen molar-refractivity contribution in [2.24, 2.45) is 5.92 Å². The quantitative estimate of drug-likeness (QED) is 0.725. The first kappa shape index (κ1) is 18.9. The Labute approximate surface area is 168 Å². The number of anilines is 1. The molecule has 28 heavy (non-hydrogen) atoms. The Kier molecular flexibility index (Phi) is 4.83. The first-order chi connectivity index (χ1) is 13.3. The van der Waals surface area contributed by atoms with Crippen LogP contribution in [0.1, 0.15) is 40.7 Å². The second-order valence-corrected chi connectivity index (χ2v) is 9.09. The normalized spacial score (nSPS) is 16.2. The number of aryl methyl sites for hydroxylation is 4. The maximum Gasteiger partial charge on any atom is 0.263 e. The molecule has 1 aliphatic carbocycles. The summed E-state index contributed by atoms with van der Waals surface area (Å²) in [6, 6.07) is 5.92. The lowest BCUT2D eigenvalue weighted by Crippen LogP contribution is -2.30. The van der Waals surface area contributed by atoms with E-state index in [2.05, 4.69) is 23.3 Å². The molecule has 2 aromatic heterocycles. The molecule has 0 bridgehead atoms. The standard InChI is InChI=1S/C22H25N3O2S/c1-12-5-6-17-18(10-12)28-21-20(17)22(27)25(15(4)23-21)11-19(26)24-16-8-13(2)7-14(3)9-16/h7-9,12H,5-6,10-11H2,1-4H3,(H,24,26). The number of nitrogens with zero attached hydrogens (tertiary/aromatic N) is 2. The first-order valence-corrected chi connectivity index (χ1v) is 10.5. The molecule has 0 saturated heterocycles. The molecule has 1 atom stereocenters. The maximum absolute atomic E-state index is 13.2. The summed E-state index contributed by atoms with van der Waals surface area (Å²) >= 11 is 1.64. The molecule has 146 valence electrons. The highest BCUT2D eigenvalue weighted by atomic mass is 32.1. The minimum atomic E-state index is -0.214. The van der Waals surface area contributed by atoms with Gasteiger partial charge in [0.05, 0.1) is 5.39 Å². The molecule has 4 rings (SSSR count). The van der Waals surface area contributed by atoms with Gasteiger partial charge in [-0.3, -0.25) is 14.2 Å². The van der Waals surface area contributed by atoms with Crippen LogP contribution in [0.5, 0.6) is 0 Å². The molecular formula is C22H25N3O2S. The Balaban J connectivity index is 1.67. The molecule has 0 saturated carbocycles. The van der Waals surface area contributed by atoms with Gasteiger partial charge >= 0.3 is 0 Å². The number of fused-ring (bicyclic) bond motifs is 3. The Morgan fingerprint density at radius 1 is 1.25 bits per heavy atom. The Hall–Kier alpha value is -2.47. The lowest BCUT2D eigenvalue weighted by molar-refractivity contribution is -0.116. The van der Waals surface area contributed by atoms with Crippen molar-refractivity contribution >= 4 is 33.1 Å². The number of rotatable bonds is 3. The van der Waals surface area contributed by atoms with Crippen LogP contribution in [0, 0.1) is 26.7 Å². The Morgan fingerprint density at radius 2 is 1.96 bits per heavy atom. The topological polar surface area (TPSA) is 64.0 Å². The second kappa shape index (κ2) is 7.17. The van der Waals surface area contributed by atoms with Crippen molar-refractivity contribution < 1.29 is 4.79 Å². The van der Waals surface area contributed by atoms with Crippen molar-refractivity contribution in [3.63, 3.8) is 0 Å². The Morgan fingerprint density at radius 3 is 2.68 bits per heavy atom. The van der Waals surface area contributed by atoms with Crippen LogP contribution in [0.25, 0.3) is 10.2 Å². The SMILES string of the molecule is Cc1cc(C)cc(NC(=O)Cn2c(C)nc3sc4c(c3c2=O)CCC(C)C4)c1. The highest BCUT2D eigenvalue weighted by molar-refractivity contribution is 7.18. The van der Waals surface area contributed by atoms with Gasteiger partial charge < -0.3 is 5.32 Å². The summed E-state index contributed by atoms with van der Waals surface area (Å²) in [6.07, 6.45) is 3.03. The van der Waals surface area contributed by atoms with Gasteiger partial charge in [-0.15, -0.1) is 11.3 Å². The van der Waals surface area contributed by atoms with E-state index in [0.717, 1.165) is 51.9 Å². The summed E-state index contributed by atoms with van der Waals surface area (Å²) in [5, 5.41) is 3.63. The van der Waals surface area contributed by atoms with Crippen molar-refractivity contribution in [1.82, 2.24) is 9.55 Å². The monoisotopic (exact) mass is 395 g/mol. The van der Waals surface area contributed by atoms with Crippen LogP contribution in [0.4, 0.5) is 5.69 Å². The molecule has 0 aliphatic heterocycles. The molecule has 2 heterocycles. The number of thiophene rings is 1. The van der Waals surface area contributed by atoms with E-state index in [1.807, 2.05) is 26.0 Å². The lowest BCUT2D eigenvalue weighted by Gasteiger charge is -2.17. The number of aromatic nitrogens is 2. The lowest BCUT2D eigenvalue weighted by atomic mass is 9.89. The van der Waals surface area contributed by atoms with Crippen LogP contribution in [-0.4, -0.2) is 15.5 Å². The van der Waals surface area contributed by atoms with Gasteiger partial charge in [0.15, 0.2) is 0 Å². The van der Waals surface area contributed by atoms with Crippen molar-refractivity contribution in [2.75, 3.05) is 5.32 Å². The second-order valence-electron chi connectivity index (χ2n) is 8.01. The summed E-state index contributed by atoms with van der Waals surface area (Å²) in [7, 11) is 0. The third-order valence-corrected chi connectivity index (χ3v) is 6.56. The average molecular weight is 396 g/mol. The third kappa shape index (κ3) is 3.49. The zero-order valence-electron chi connectivity index (χ0n) is 16.8. The number of nitrogens with one attached hydrogen (secondary N) is 1.